The fourth-order valence-electron chi connectivity index (χ4n) is 4.68. The third-order valence-corrected chi connectivity index (χ3v) is 6.44. The number of aryl methyl sites for hydroxylation is 1. The Morgan fingerprint density at radius 3 is 2.55 bits per heavy atom. The normalized spacial score (nSPS) is 16.0. The van der Waals surface area contributed by atoms with E-state index in [1.54, 1.807) is 0 Å². The zero-order valence-electron chi connectivity index (χ0n) is 19.0. The summed E-state index contributed by atoms with van der Waals surface area (Å²) in [6.07, 6.45) is 1.39. The van der Waals surface area contributed by atoms with E-state index in [2.05, 4.69) is 35.8 Å². The second kappa shape index (κ2) is 9.49. The SMILES string of the molecule is Cc1ccccc1OCCn1c(C2CC(=O)N(CCc3ccccc3)C2)nc2ccccc21. The molecule has 1 unspecified atom stereocenters. The van der Waals surface area contributed by atoms with Crippen LogP contribution < -0.4 is 4.74 Å². The van der Waals surface area contributed by atoms with Crippen LogP contribution in [0.25, 0.3) is 11.0 Å². The van der Waals surface area contributed by atoms with Crippen molar-refractivity contribution < 1.29 is 9.53 Å². The van der Waals surface area contributed by atoms with Crippen LogP contribution in [-0.4, -0.2) is 40.1 Å². The Kier molecular flexibility index (Phi) is 6.11. The molecule has 0 aliphatic carbocycles. The first-order chi connectivity index (χ1) is 16.2. The van der Waals surface area contributed by atoms with Crippen molar-refractivity contribution in [3.8, 4) is 5.75 Å². The Morgan fingerprint density at radius 2 is 1.70 bits per heavy atom. The summed E-state index contributed by atoms with van der Waals surface area (Å²) >= 11 is 0. The van der Waals surface area contributed by atoms with Crippen molar-refractivity contribution in [2.24, 2.45) is 0 Å². The zero-order valence-corrected chi connectivity index (χ0v) is 19.0. The van der Waals surface area contributed by atoms with Crippen LogP contribution in [0.5, 0.6) is 5.75 Å². The van der Waals surface area contributed by atoms with E-state index in [1.807, 2.05) is 59.5 Å². The average Bonchev–Trinajstić information content (AvgIpc) is 3.40. The van der Waals surface area contributed by atoms with E-state index >= 15 is 0 Å². The van der Waals surface area contributed by atoms with Gasteiger partial charge in [0.15, 0.2) is 0 Å². The number of aromatic nitrogens is 2. The van der Waals surface area contributed by atoms with Gasteiger partial charge in [0, 0.05) is 25.4 Å². The first-order valence-electron chi connectivity index (χ1n) is 11.6. The van der Waals surface area contributed by atoms with Gasteiger partial charge in [-0.1, -0.05) is 60.7 Å². The number of carbonyl (C=O) groups excluding carboxylic acids is 1. The van der Waals surface area contributed by atoms with Crippen LogP contribution in [0, 0.1) is 6.92 Å². The second-order valence-electron chi connectivity index (χ2n) is 8.70. The Labute approximate surface area is 194 Å². The third-order valence-electron chi connectivity index (χ3n) is 6.44. The molecule has 0 N–H and O–H groups in total. The molecule has 3 aromatic carbocycles. The Balaban J connectivity index is 1.32. The summed E-state index contributed by atoms with van der Waals surface area (Å²) < 4.78 is 8.32. The molecule has 1 atom stereocenters. The number of fused-ring (bicyclic) bond motifs is 1. The maximum Gasteiger partial charge on any atom is 0.223 e. The van der Waals surface area contributed by atoms with E-state index in [9.17, 15) is 4.79 Å². The predicted octanol–water partition coefficient (Wildman–Crippen LogP) is 4.98. The molecule has 0 radical (unpaired) electrons. The topological polar surface area (TPSA) is 47.4 Å². The Bertz CT molecular complexity index is 1250. The van der Waals surface area contributed by atoms with Crippen LogP contribution in [-0.2, 0) is 17.8 Å². The van der Waals surface area contributed by atoms with Crippen LogP contribution in [0.2, 0.25) is 0 Å². The average molecular weight is 440 g/mol. The molecule has 1 fully saturated rings. The number of carbonyl (C=O) groups is 1. The number of amides is 1. The molecule has 1 saturated heterocycles. The van der Waals surface area contributed by atoms with Crippen molar-refractivity contribution in [1.82, 2.24) is 14.5 Å². The van der Waals surface area contributed by atoms with Gasteiger partial charge in [0.2, 0.25) is 5.91 Å². The van der Waals surface area contributed by atoms with E-state index < -0.39 is 0 Å². The highest BCUT2D eigenvalue weighted by Crippen LogP contribution is 2.30. The number of imidazole rings is 1. The van der Waals surface area contributed by atoms with Gasteiger partial charge in [-0.25, -0.2) is 4.98 Å². The highest BCUT2D eigenvalue weighted by atomic mass is 16.5. The molecule has 1 aromatic heterocycles. The number of benzene rings is 3. The summed E-state index contributed by atoms with van der Waals surface area (Å²) in [5, 5.41) is 0. The van der Waals surface area contributed by atoms with Gasteiger partial charge in [0.1, 0.15) is 18.2 Å². The Morgan fingerprint density at radius 1 is 0.939 bits per heavy atom. The van der Waals surface area contributed by atoms with Gasteiger partial charge in [0.25, 0.3) is 0 Å². The molecule has 5 rings (SSSR count). The lowest BCUT2D eigenvalue weighted by molar-refractivity contribution is -0.127. The van der Waals surface area contributed by atoms with E-state index in [4.69, 9.17) is 9.72 Å². The summed E-state index contributed by atoms with van der Waals surface area (Å²) in [5.41, 5.74) is 4.45. The molecular weight excluding hydrogens is 410 g/mol. The smallest absolute Gasteiger partial charge is 0.223 e. The minimum atomic E-state index is 0.0964. The van der Waals surface area contributed by atoms with E-state index in [0.717, 1.165) is 41.1 Å². The minimum Gasteiger partial charge on any atom is -0.491 e. The summed E-state index contributed by atoms with van der Waals surface area (Å²) in [5.74, 6) is 2.21. The molecule has 1 aliphatic rings. The first kappa shape index (κ1) is 21.3. The molecular formula is C28H29N3O2. The standard InChI is InChI=1S/C28H29N3O2/c1-21-9-5-8-14-26(21)33-18-17-31-25-13-7-6-12-24(25)29-28(31)23-19-27(32)30(20-23)16-15-22-10-3-2-4-11-22/h2-14,23H,15-20H2,1H3. The fraction of sp³-hybridized carbons (Fsp3) is 0.286. The van der Waals surface area contributed by atoms with Crippen molar-refractivity contribution >= 4 is 16.9 Å². The molecule has 5 nitrogen and oxygen atoms in total. The highest BCUT2D eigenvalue weighted by molar-refractivity contribution is 5.81. The van der Waals surface area contributed by atoms with Crippen molar-refractivity contribution in [3.05, 3.63) is 95.8 Å². The van der Waals surface area contributed by atoms with Crippen LogP contribution in [0.4, 0.5) is 0 Å². The van der Waals surface area contributed by atoms with Crippen molar-refractivity contribution in [2.75, 3.05) is 19.7 Å². The number of ether oxygens (including phenoxy) is 1. The highest BCUT2D eigenvalue weighted by Gasteiger charge is 2.33. The van der Waals surface area contributed by atoms with Gasteiger partial charge < -0.3 is 14.2 Å². The summed E-state index contributed by atoms with van der Waals surface area (Å²) in [6, 6.07) is 26.6. The predicted molar refractivity (Wildman–Crippen MR) is 130 cm³/mol. The third kappa shape index (κ3) is 4.63. The maximum atomic E-state index is 12.8. The molecule has 1 aliphatic heterocycles. The van der Waals surface area contributed by atoms with E-state index in [1.165, 1.54) is 5.56 Å². The largest absolute Gasteiger partial charge is 0.491 e. The number of likely N-dealkylation sites (tertiary alicyclic amines) is 1. The van der Waals surface area contributed by atoms with Crippen LogP contribution in [0.3, 0.4) is 0 Å². The van der Waals surface area contributed by atoms with Crippen LogP contribution >= 0.6 is 0 Å². The molecule has 2 heterocycles. The maximum absolute atomic E-state index is 12.8. The summed E-state index contributed by atoms with van der Waals surface area (Å²) in [6.45, 7) is 4.76. The van der Waals surface area contributed by atoms with Crippen molar-refractivity contribution in [1.29, 1.82) is 0 Å². The van der Waals surface area contributed by atoms with Gasteiger partial charge in [-0.15, -0.1) is 0 Å². The molecule has 1 amide bonds. The fourth-order valence-corrected chi connectivity index (χ4v) is 4.68. The first-order valence-corrected chi connectivity index (χ1v) is 11.6. The molecule has 0 bridgehead atoms. The minimum absolute atomic E-state index is 0.0964. The number of para-hydroxylation sites is 3. The Hall–Kier alpha value is -3.60. The van der Waals surface area contributed by atoms with Gasteiger partial charge in [-0.3, -0.25) is 4.79 Å². The van der Waals surface area contributed by atoms with Gasteiger partial charge in [0.05, 0.1) is 17.6 Å². The van der Waals surface area contributed by atoms with Crippen molar-refractivity contribution in [2.45, 2.75) is 32.2 Å². The van der Waals surface area contributed by atoms with E-state index in [-0.39, 0.29) is 11.8 Å². The lowest BCUT2D eigenvalue weighted by atomic mass is 10.1. The zero-order chi connectivity index (χ0) is 22.6. The van der Waals surface area contributed by atoms with Gasteiger partial charge >= 0.3 is 0 Å². The molecule has 168 valence electrons. The van der Waals surface area contributed by atoms with Gasteiger partial charge in [-0.05, 0) is 42.7 Å². The van der Waals surface area contributed by atoms with Gasteiger partial charge in [-0.2, -0.15) is 0 Å². The lowest BCUT2D eigenvalue weighted by Gasteiger charge is -2.17. The van der Waals surface area contributed by atoms with Crippen LogP contribution in [0.1, 0.15) is 29.3 Å². The molecule has 4 aromatic rings. The summed E-state index contributed by atoms with van der Waals surface area (Å²) in [7, 11) is 0. The number of hydrogen-bond donors (Lipinski definition) is 0. The molecule has 0 spiro atoms. The molecule has 5 heteroatoms. The van der Waals surface area contributed by atoms with E-state index in [0.29, 0.717) is 26.1 Å². The molecule has 33 heavy (non-hydrogen) atoms. The monoisotopic (exact) mass is 439 g/mol. The van der Waals surface area contributed by atoms with Crippen molar-refractivity contribution in [3.63, 3.8) is 0 Å². The number of nitrogens with zero attached hydrogens (tertiary/aromatic N) is 3. The second-order valence-corrected chi connectivity index (χ2v) is 8.70. The summed E-state index contributed by atoms with van der Waals surface area (Å²) in [4.78, 5) is 19.8. The number of rotatable bonds is 8. The number of hydrogen-bond acceptors (Lipinski definition) is 3. The quantitative estimate of drug-likeness (QED) is 0.389. The van der Waals surface area contributed by atoms with Crippen LogP contribution in [0.15, 0.2) is 78.9 Å². The molecule has 0 saturated carbocycles. The lowest BCUT2D eigenvalue weighted by Crippen LogP contribution is -2.27.